The third kappa shape index (κ3) is 4.23. The monoisotopic (exact) mass is 289 g/mol. The van der Waals surface area contributed by atoms with Gasteiger partial charge >= 0.3 is 0 Å². The first kappa shape index (κ1) is 15.4. The molecule has 1 aromatic carbocycles. The summed E-state index contributed by atoms with van der Waals surface area (Å²) < 4.78 is 13.2. The third-order valence-corrected chi connectivity index (χ3v) is 3.29. The van der Waals surface area contributed by atoms with Gasteiger partial charge in [0.2, 0.25) is 0 Å². The molecule has 21 heavy (non-hydrogen) atoms. The topological polar surface area (TPSA) is 48.3 Å². The van der Waals surface area contributed by atoms with Crippen LogP contribution in [0, 0.1) is 0 Å². The zero-order valence-electron chi connectivity index (χ0n) is 12.9. The molecule has 0 spiro atoms. The Morgan fingerprint density at radius 2 is 2.19 bits per heavy atom. The molecule has 1 N–H and O–H groups in total. The standard InChI is InChI=1S/C16H23N3O2/c1-4-7-17-11-13-10-14(20-3)5-6-15(13)21-12-16-18-8-9-19(16)2/h5-6,8-10,17H,4,7,11-12H2,1-3H3. The molecule has 0 aliphatic carbocycles. The Hall–Kier alpha value is -2.01. The number of aromatic nitrogens is 2. The van der Waals surface area contributed by atoms with E-state index in [9.17, 15) is 0 Å². The second kappa shape index (κ2) is 7.69. The van der Waals surface area contributed by atoms with Gasteiger partial charge in [-0.2, -0.15) is 0 Å². The molecule has 0 saturated heterocycles. The minimum Gasteiger partial charge on any atom is -0.497 e. The molecule has 0 aliphatic heterocycles. The summed E-state index contributed by atoms with van der Waals surface area (Å²) in [7, 11) is 3.64. The van der Waals surface area contributed by atoms with Crippen molar-refractivity contribution in [2.24, 2.45) is 7.05 Å². The van der Waals surface area contributed by atoms with E-state index in [4.69, 9.17) is 9.47 Å². The van der Waals surface area contributed by atoms with Crippen molar-refractivity contribution in [1.82, 2.24) is 14.9 Å². The van der Waals surface area contributed by atoms with Crippen LogP contribution in [0.4, 0.5) is 0 Å². The summed E-state index contributed by atoms with van der Waals surface area (Å²) in [5.74, 6) is 2.60. The number of nitrogens with one attached hydrogen (secondary N) is 1. The first-order chi connectivity index (χ1) is 10.2. The van der Waals surface area contributed by atoms with Gasteiger partial charge in [0.25, 0.3) is 0 Å². The van der Waals surface area contributed by atoms with E-state index in [-0.39, 0.29) is 0 Å². The zero-order valence-corrected chi connectivity index (χ0v) is 12.9. The van der Waals surface area contributed by atoms with Gasteiger partial charge in [0.05, 0.1) is 7.11 Å². The van der Waals surface area contributed by atoms with E-state index in [1.807, 2.05) is 36.0 Å². The van der Waals surface area contributed by atoms with Gasteiger partial charge in [0.1, 0.15) is 23.9 Å². The molecular weight excluding hydrogens is 266 g/mol. The Labute approximate surface area is 125 Å². The second-order valence-electron chi connectivity index (χ2n) is 4.89. The van der Waals surface area contributed by atoms with Gasteiger partial charge in [-0.25, -0.2) is 4.98 Å². The van der Waals surface area contributed by atoms with Crippen molar-refractivity contribution in [3.63, 3.8) is 0 Å². The van der Waals surface area contributed by atoms with Crippen molar-refractivity contribution >= 4 is 0 Å². The second-order valence-corrected chi connectivity index (χ2v) is 4.89. The Kier molecular flexibility index (Phi) is 5.63. The molecule has 0 unspecified atom stereocenters. The van der Waals surface area contributed by atoms with Gasteiger partial charge in [-0.05, 0) is 31.2 Å². The average Bonchev–Trinajstić information content (AvgIpc) is 2.91. The summed E-state index contributed by atoms with van der Waals surface area (Å²) in [5, 5.41) is 3.39. The number of imidazole rings is 1. The number of hydrogen-bond acceptors (Lipinski definition) is 4. The summed E-state index contributed by atoms with van der Waals surface area (Å²) in [5.41, 5.74) is 1.09. The summed E-state index contributed by atoms with van der Waals surface area (Å²) in [4.78, 5) is 4.27. The van der Waals surface area contributed by atoms with Crippen LogP contribution in [0.15, 0.2) is 30.6 Å². The first-order valence-corrected chi connectivity index (χ1v) is 7.21. The van der Waals surface area contributed by atoms with Crippen LogP contribution in [0.1, 0.15) is 24.7 Å². The Balaban J connectivity index is 2.07. The molecule has 0 radical (unpaired) electrons. The zero-order chi connectivity index (χ0) is 15.1. The molecule has 0 atom stereocenters. The number of nitrogens with zero attached hydrogens (tertiary/aromatic N) is 2. The van der Waals surface area contributed by atoms with Gasteiger partial charge in [-0.15, -0.1) is 0 Å². The smallest absolute Gasteiger partial charge is 0.146 e. The number of rotatable bonds is 8. The minimum atomic E-state index is 0.455. The number of hydrogen-bond donors (Lipinski definition) is 1. The van der Waals surface area contributed by atoms with E-state index in [2.05, 4.69) is 17.2 Å². The molecule has 0 amide bonds. The maximum Gasteiger partial charge on any atom is 0.146 e. The fraction of sp³-hybridized carbons (Fsp3) is 0.438. The lowest BCUT2D eigenvalue weighted by Crippen LogP contribution is -2.15. The molecule has 0 bridgehead atoms. The molecule has 0 fully saturated rings. The molecule has 2 aromatic rings. The van der Waals surface area contributed by atoms with Crippen molar-refractivity contribution in [2.45, 2.75) is 26.5 Å². The van der Waals surface area contributed by atoms with Crippen LogP contribution < -0.4 is 14.8 Å². The maximum absolute atomic E-state index is 5.91. The number of aryl methyl sites for hydroxylation is 1. The van der Waals surface area contributed by atoms with Gasteiger partial charge in [-0.3, -0.25) is 0 Å². The highest BCUT2D eigenvalue weighted by Crippen LogP contribution is 2.24. The van der Waals surface area contributed by atoms with E-state index < -0.39 is 0 Å². The molecule has 0 saturated carbocycles. The fourth-order valence-electron chi connectivity index (χ4n) is 2.04. The Bertz CT molecular complexity index is 566. The summed E-state index contributed by atoms with van der Waals surface area (Å²) in [6.07, 6.45) is 4.79. The van der Waals surface area contributed by atoms with Crippen LogP contribution in [0.3, 0.4) is 0 Å². The lowest BCUT2D eigenvalue weighted by molar-refractivity contribution is 0.287. The van der Waals surface area contributed by atoms with Crippen LogP contribution in [0.25, 0.3) is 0 Å². The first-order valence-electron chi connectivity index (χ1n) is 7.21. The SMILES string of the molecule is CCCNCc1cc(OC)ccc1OCc1nccn1C. The molecule has 0 aliphatic rings. The summed E-state index contributed by atoms with van der Waals surface area (Å²) in [6.45, 7) is 4.35. The van der Waals surface area contributed by atoms with Crippen molar-refractivity contribution < 1.29 is 9.47 Å². The predicted molar refractivity (Wildman–Crippen MR) is 82.5 cm³/mol. The minimum absolute atomic E-state index is 0.455. The van der Waals surface area contributed by atoms with Crippen LogP contribution in [0.2, 0.25) is 0 Å². The maximum atomic E-state index is 5.91. The number of ether oxygens (including phenoxy) is 2. The van der Waals surface area contributed by atoms with Crippen LogP contribution in [-0.2, 0) is 20.2 Å². The highest BCUT2D eigenvalue weighted by Gasteiger charge is 2.07. The van der Waals surface area contributed by atoms with Crippen LogP contribution in [-0.4, -0.2) is 23.2 Å². The molecule has 2 rings (SSSR count). The third-order valence-electron chi connectivity index (χ3n) is 3.29. The Morgan fingerprint density at radius 1 is 1.33 bits per heavy atom. The number of benzene rings is 1. The van der Waals surface area contributed by atoms with E-state index in [0.29, 0.717) is 6.61 Å². The molecule has 5 nitrogen and oxygen atoms in total. The predicted octanol–water partition coefficient (Wildman–Crippen LogP) is 2.51. The molecule has 1 heterocycles. The van der Waals surface area contributed by atoms with Gasteiger partial charge in [0, 0.05) is 31.5 Å². The number of methoxy groups -OCH3 is 1. The van der Waals surface area contributed by atoms with Crippen molar-refractivity contribution in [3.8, 4) is 11.5 Å². The van der Waals surface area contributed by atoms with E-state index >= 15 is 0 Å². The lowest BCUT2D eigenvalue weighted by atomic mass is 10.2. The van der Waals surface area contributed by atoms with Gasteiger partial charge in [-0.1, -0.05) is 6.92 Å². The molecular formula is C16H23N3O2. The normalized spacial score (nSPS) is 10.6. The van der Waals surface area contributed by atoms with E-state index in [1.54, 1.807) is 13.3 Å². The van der Waals surface area contributed by atoms with Gasteiger partial charge < -0.3 is 19.4 Å². The highest BCUT2D eigenvalue weighted by molar-refractivity contribution is 5.40. The molecule has 114 valence electrons. The highest BCUT2D eigenvalue weighted by atomic mass is 16.5. The lowest BCUT2D eigenvalue weighted by Gasteiger charge is -2.13. The molecule has 1 aromatic heterocycles. The largest absolute Gasteiger partial charge is 0.497 e. The van der Waals surface area contributed by atoms with Gasteiger partial charge in [0.15, 0.2) is 0 Å². The van der Waals surface area contributed by atoms with Crippen LogP contribution in [0.5, 0.6) is 11.5 Å². The van der Waals surface area contributed by atoms with Crippen molar-refractivity contribution in [2.75, 3.05) is 13.7 Å². The van der Waals surface area contributed by atoms with Crippen LogP contribution >= 0.6 is 0 Å². The Morgan fingerprint density at radius 3 is 2.86 bits per heavy atom. The van der Waals surface area contributed by atoms with Crippen molar-refractivity contribution in [1.29, 1.82) is 0 Å². The molecule has 5 heteroatoms. The van der Waals surface area contributed by atoms with E-state index in [0.717, 1.165) is 42.4 Å². The quantitative estimate of drug-likeness (QED) is 0.759. The summed E-state index contributed by atoms with van der Waals surface area (Å²) in [6, 6.07) is 5.87. The van der Waals surface area contributed by atoms with E-state index in [1.165, 1.54) is 0 Å². The van der Waals surface area contributed by atoms with Crippen molar-refractivity contribution in [3.05, 3.63) is 42.0 Å². The summed E-state index contributed by atoms with van der Waals surface area (Å²) >= 11 is 0. The fourth-order valence-corrected chi connectivity index (χ4v) is 2.04. The average molecular weight is 289 g/mol.